The van der Waals surface area contributed by atoms with E-state index in [1.807, 2.05) is 0 Å². The minimum Gasteiger partial charge on any atom is -0.502 e. The first-order valence-corrected chi connectivity index (χ1v) is 12.9. The predicted molar refractivity (Wildman–Crippen MR) is 146 cm³/mol. The largest absolute Gasteiger partial charge is 0.502 e. The van der Waals surface area contributed by atoms with Crippen molar-refractivity contribution in [2.24, 2.45) is 0 Å². The lowest BCUT2D eigenvalue weighted by Gasteiger charge is -2.41. The Kier molecular flexibility index (Phi) is 12.0. The van der Waals surface area contributed by atoms with Crippen LogP contribution in [0.2, 0.25) is 0 Å². The number of ether oxygens (including phenoxy) is 7. The van der Waals surface area contributed by atoms with E-state index in [1.165, 1.54) is 46.6 Å². The van der Waals surface area contributed by atoms with Gasteiger partial charge in [0.05, 0.1) is 48.3 Å². The summed E-state index contributed by atoms with van der Waals surface area (Å²) >= 11 is 0. The fraction of sp³-hybridized carbons (Fsp3) is 0.500. The van der Waals surface area contributed by atoms with Crippen molar-refractivity contribution >= 4 is 6.08 Å². The molecule has 0 spiro atoms. The predicted octanol–water partition coefficient (Wildman–Crippen LogP) is -0.270. The summed E-state index contributed by atoms with van der Waals surface area (Å²) in [6.07, 6.45) is -7.50. The van der Waals surface area contributed by atoms with Crippen molar-refractivity contribution in [3.05, 3.63) is 41.5 Å². The normalized spacial score (nSPS) is 23.8. The van der Waals surface area contributed by atoms with E-state index in [2.05, 4.69) is 0 Å². The monoisotopic (exact) mass is 598 g/mol. The van der Waals surface area contributed by atoms with Gasteiger partial charge in [0.1, 0.15) is 30.5 Å². The SMILES string of the molecule is COc1cc([C@H](O[C@@H]2O[C@H](CO)[C@@H](O)[C@H](O)[C@H]2O)[C@H](CO)Oc2c(OC)cc(/C=C\CO)cc2OC)cc(OC)c1O. The number of methoxy groups -OCH3 is 4. The fourth-order valence-electron chi connectivity index (χ4n) is 4.43. The van der Waals surface area contributed by atoms with Gasteiger partial charge in [-0.2, -0.15) is 0 Å². The Bertz CT molecular complexity index is 1140. The molecule has 42 heavy (non-hydrogen) atoms. The molecular formula is C28H38O14. The second-order valence-electron chi connectivity index (χ2n) is 9.21. The third kappa shape index (κ3) is 7.17. The molecule has 0 aromatic heterocycles. The van der Waals surface area contributed by atoms with E-state index in [-0.39, 0.29) is 46.7 Å². The van der Waals surface area contributed by atoms with Crippen LogP contribution in [0.1, 0.15) is 17.2 Å². The van der Waals surface area contributed by atoms with E-state index in [4.69, 9.17) is 38.3 Å². The van der Waals surface area contributed by atoms with Crippen LogP contribution in [-0.2, 0) is 9.47 Å². The van der Waals surface area contributed by atoms with Crippen LogP contribution in [0.3, 0.4) is 0 Å². The molecule has 2 aromatic rings. The van der Waals surface area contributed by atoms with E-state index in [0.29, 0.717) is 5.56 Å². The van der Waals surface area contributed by atoms with Crippen LogP contribution in [0.4, 0.5) is 0 Å². The zero-order valence-electron chi connectivity index (χ0n) is 23.6. The molecule has 14 heteroatoms. The highest BCUT2D eigenvalue weighted by Gasteiger charge is 2.46. The highest BCUT2D eigenvalue weighted by molar-refractivity contribution is 5.62. The smallest absolute Gasteiger partial charge is 0.204 e. The molecular weight excluding hydrogens is 560 g/mol. The Hall–Kier alpha value is -3.34. The van der Waals surface area contributed by atoms with Gasteiger partial charge in [-0.05, 0) is 35.4 Å². The topological polar surface area (TPSA) is 206 Å². The van der Waals surface area contributed by atoms with Crippen molar-refractivity contribution in [1.29, 1.82) is 0 Å². The molecule has 2 aromatic carbocycles. The van der Waals surface area contributed by atoms with E-state index in [9.17, 15) is 30.6 Å². The first-order valence-electron chi connectivity index (χ1n) is 12.9. The zero-order chi connectivity index (χ0) is 31.0. The van der Waals surface area contributed by atoms with Crippen LogP contribution in [0.25, 0.3) is 6.08 Å². The summed E-state index contributed by atoms with van der Waals surface area (Å²) in [6, 6.07) is 5.99. The molecule has 0 aliphatic carbocycles. The molecule has 1 aliphatic heterocycles. The Balaban J connectivity index is 2.12. The highest BCUT2D eigenvalue weighted by Crippen LogP contribution is 2.44. The lowest BCUT2D eigenvalue weighted by atomic mass is 9.98. The van der Waals surface area contributed by atoms with Gasteiger partial charge in [0, 0.05) is 0 Å². The number of phenolic OH excluding ortho intramolecular Hbond substituents is 1. The van der Waals surface area contributed by atoms with E-state index in [1.54, 1.807) is 18.2 Å². The molecule has 0 radical (unpaired) electrons. The summed E-state index contributed by atoms with van der Waals surface area (Å²) in [7, 11) is 5.42. The van der Waals surface area contributed by atoms with Crippen molar-refractivity contribution in [2.45, 2.75) is 42.9 Å². The summed E-state index contributed by atoms with van der Waals surface area (Å²) in [5.74, 6) is 0.139. The maximum absolute atomic E-state index is 10.7. The number of aliphatic hydroxyl groups is 6. The van der Waals surface area contributed by atoms with Crippen LogP contribution in [0, 0.1) is 0 Å². The van der Waals surface area contributed by atoms with Crippen molar-refractivity contribution in [1.82, 2.24) is 0 Å². The maximum atomic E-state index is 10.7. The standard InChI is InChI=1S/C28H38O14/c1-36-16-10-15(11-17(37-2)22(16)32)26(42-28-25(35)24(34)23(33)20(12-30)41-28)21(13-31)40-27-18(38-3)8-14(6-5-7-29)9-19(27)39-4/h5-6,8-11,20-21,23-26,28-35H,7,12-13H2,1-4H3/b6-5-/t20-,21+,23-,24+,25-,26+,28+/m1/s1. The molecule has 1 saturated heterocycles. The summed E-state index contributed by atoms with van der Waals surface area (Å²) < 4.78 is 39.4. The number of rotatable bonds is 14. The number of aromatic hydroxyl groups is 1. The third-order valence-electron chi connectivity index (χ3n) is 6.65. The van der Waals surface area contributed by atoms with Gasteiger partial charge in [-0.25, -0.2) is 0 Å². The lowest BCUT2D eigenvalue weighted by Crippen LogP contribution is -2.59. The summed E-state index contributed by atoms with van der Waals surface area (Å²) in [5.41, 5.74) is 0.839. The first-order chi connectivity index (χ1) is 20.2. The van der Waals surface area contributed by atoms with Crippen LogP contribution < -0.4 is 23.7 Å². The molecule has 1 aliphatic rings. The number of hydrogen-bond acceptors (Lipinski definition) is 14. The Morgan fingerprint density at radius 2 is 1.38 bits per heavy atom. The van der Waals surface area contributed by atoms with Gasteiger partial charge in [-0.3, -0.25) is 0 Å². The fourth-order valence-corrected chi connectivity index (χ4v) is 4.43. The minimum absolute atomic E-state index is 0.0152. The molecule has 0 bridgehead atoms. The molecule has 1 fully saturated rings. The van der Waals surface area contributed by atoms with Gasteiger partial charge >= 0.3 is 0 Å². The average molecular weight is 599 g/mol. The van der Waals surface area contributed by atoms with Gasteiger partial charge in [0.25, 0.3) is 0 Å². The van der Waals surface area contributed by atoms with Crippen LogP contribution in [0.5, 0.6) is 34.5 Å². The summed E-state index contributed by atoms with van der Waals surface area (Å²) in [6.45, 7) is -1.57. The molecule has 7 N–H and O–H groups in total. The minimum atomic E-state index is -1.77. The van der Waals surface area contributed by atoms with Crippen molar-refractivity contribution in [3.63, 3.8) is 0 Å². The van der Waals surface area contributed by atoms with Crippen molar-refractivity contribution in [2.75, 3.05) is 48.3 Å². The van der Waals surface area contributed by atoms with Crippen molar-refractivity contribution < 1.29 is 68.9 Å². The summed E-state index contributed by atoms with van der Waals surface area (Å²) in [4.78, 5) is 0. The van der Waals surface area contributed by atoms with E-state index >= 15 is 0 Å². The number of aliphatic hydroxyl groups excluding tert-OH is 6. The molecule has 3 rings (SSSR count). The van der Waals surface area contributed by atoms with Crippen LogP contribution >= 0.6 is 0 Å². The van der Waals surface area contributed by atoms with Gasteiger partial charge in [-0.15, -0.1) is 0 Å². The molecule has 0 unspecified atom stereocenters. The highest BCUT2D eigenvalue weighted by atomic mass is 16.7. The quantitative estimate of drug-likeness (QED) is 0.150. The van der Waals surface area contributed by atoms with Gasteiger partial charge in [-0.1, -0.05) is 12.2 Å². The molecule has 7 atom stereocenters. The van der Waals surface area contributed by atoms with Crippen molar-refractivity contribution in [3.8, 4) is 34.5 Å². The summed E-state index contributed by atoms with van der Waals surface area (Å²) in [5, 5.41) is 71.0. The second kappa shape index (κ2) is 15.2. The number of hydrogen-bond donors (Lipinski definition) is 7. The Morgan fingerprint density at radius 1 is 0.810 bits per heavy atom. The van der Waals surface area contributed by atoms with Gasteiger partial charge in [0.15, 0.2) is 35.4 Å². The molecule has 234 valence electrons. The van der Waals surface area contributed by atoms with Crippen LogP contribution in [0.15, 0.2) is 30.3 Å². The Labute approximate surface area is 242 Å². The maximum Gasteiger partial charge on any atom is 0.204 e. The molecule has 14 nitrogen and oxygen atoms in total. The number of benzene rings is 2. The molecule has 1 heterocycles. The second-order valence-corrected chi connectivity index (χ2v) is 9.21. The van der Waals surface area contributed by atoms with Crippen LogP contribution in [-0.4, -0.2) is 121 Å². The van der Waals surface area contributed by atoms with E-state index < -0.39 is 56.1 Å². The molecule has 0 saturated carbocycles. The third-order valence-corrected chi connectivity index (χ3v) is 6.65. The lowest BCUT2D eigenvalue weighted by molar-refractivity contribution is -0.318. The molecule has 0 amide bonds. The number of phenols is 1. The average Bonchev–Trinajstić information content (AvgIpc) is 3.01. The Morgan fingerprint density at radius 3 is 1.86 bits per heavy atom. The first kappa shape index (κ1) is 33.2. The van der Waals surface area contributed by atoms with Gasteiger partial charge < -0.3 is 68.9 Å². The van der Waals surface area contributed by atoms with Gasteiger partial charge in [0.2, 0.25) is 11.5 Å². The zero-order valence-corrected chi connectivity index (χ0v) is 23.6. The van der Waals surface area contributed by atoms with E-state index in [0.717, 1.165) is 0 Å².